The molecule has 1 aromatic rings. The molecule has 0 aliphatic carbocycles. The van der Waals surface area contributed by atoms with E-state index in [1.807, 2.05) is 39.8 Å². The van der Waals surface area contributed by atoms with Crippen LogP contribution in [0.5, 0.6) is 0 Å². The zero-order chi connectivity index (χ0) is 15.4. The van der Waals surface area contributed by atoms with Gasteiger partial charge in [0.05, 0.1) is 0 Å². The van der Waals surface area contributed by atoms with E-state index in [1.54, 1.807) is 6.92 Å². The molecule has 0 saturated heterocycles. The SMILES string of the molecule is CC.CC(=O)/C(C)=C(\C)c1ccccc1C.CCC. The number of ketones is 1. The largest absolute Gasteiger partial charge is 0.295 e. The van der Waals surface area contributed by atoms with E-state index in [1.165, 1.54) is 17.5 Å². The van der Waals surface area contributed by atoms with E-state index in [0.717, 1.165) is 11.1 Å². The number of carbonyl (C=O) groups excluding carboxylic acids is 1. The van der Waals surface area contributed by atoms with Crippen LogP contribution in [0.1, 0.15) is 66.0 Å². The molecule has 0 N–H and O–H groups in total. The van der Waals surface area contributed by atoms with Gasteiger partial charge in [0.2, 0.25) is 0 Å². The van der Waals surface area contributed by atoms with Crippen LogP contribution in [0.2, 0.25) is 0 Å². The summed E-state index contributed by atoms with van der Waals surface area (Å²) in [5.74, 6) is 0.144. The van der Waals surface area contributed by atoms with Gasteiger partial charge in [0.25, 0.3) is 0 Å². The molecule has 1 aromatic carbocycles. The average molecular weight is 262 g/mol. The van der Waals surface area contributed by atoms with Gasteiger partial charge in [-0.25, -0.2) is 0 Å². The van der Waals surface area contributed by atoms with Gasteiger partial charge >= 0.3 is 0 Å². The van der Waals surface area contributed by atoms with Crippen molar-refractivity contribution >= 4 is 11.4 Å². The molecular formula is C18H30O. The fourth-order valence-electron chi connectivity index (χ4n) is 1.46. The molecule has 0 atom stereocenters. The topological polar surface area (TPSA) is 17.1 Å². The molecule has 108 valence electrons. The summed E-state index contributed by atoms with van der Waals surface area (Å²) in [4.78, 5) is 11.2. The van der Waals surface area contributed by atoms with Crippen LogP contribution < -0.4 is 0 Å². The molecule has 19 heavy (non-hydrogen) atoms. The second-order valence-corrected chi connectivity index (χ2v) is 4.33. The number of benzene rings is 1. The third-order valence-electron chi connectivity index (χ3n) is 2.64. The van der Waals surface area contributed by atoms with E-state index in [-0.39, 0.29) is 5.78 Å². The molecule has 0 heterocycles. The van der Waals surface area contributed by atoms with Crippen LogP contribution in [0.3, 0.4) is 0 Å². The molecule has 0 unspecified atom stereocenters. The predicted molar refractivity (Wildman–Crippen MR) is 87.4 cm³/mol. The minimum Gasteiger partial charge on any atom is -0.295 e. The van der Waals surface area contributed by atoms with E-state index in [4.69, 9.17) is 0 Å². The zero-order valence-electron chi connectivity index (χ0n) is 13.9. The Hall–Kier alpha value is -1.37. The van der Waals surface area contributed by atoms with Crippen LogP contribution >= 0.6 is 0 Å². The lowest BCUT2D eigenvalue weighted by atomic mass is 9.97. The maximum Gasteiger partial charge on any atom is 0.155 e. The van der Waals surface area contributed by atoms with Gasteiger partial charge in [0.15, 0.2) is 5.78 Å². The Labute approximate surface area is 119 Å². The van der Waals surface area contributed by atoms with Gasteiger partial charge in [0.1, 0.15) is 0 Å². The lowest BCUT2D eigenvalue weighted by Gasteiger charge is -2.08. The van der Waals surface area contributed by atoms with Gasteiger partial charge in [-0.1, -0.05) is 58.4 Å². The summed E-state index contributed by atoms with van der Waals surface area (Å²) < 4.78 is 0. The number of allylic oxidation sites excluding steroid dienone is 2. The fraction of sp³-hybridized carbons (Fsp3) is 0.500. The quantitative estimate of drug-likeness (QED) is 0.614. The smallest absolute Gasteiger partial charge is 0.155 e. The summed E-state index contributed by atoms with van der Waals surface area (Å²) in [6, 6.07) is 8.12. The molecule has 1 heteroatoms. The summed E-state index contributed by atoms with van der Waals surface area (Å²) in [5.41, 5.74) is 4.31. The van der Waals surface area contributed by atoms with Crippen LogP contribution in [0.4, 0.5) is 0 Å². The Morgan fingerprint density at radius 2 is 1.42 bits per heavy atom. The van der Waals surface area contributed by atoms with Gasteiger partial charge < -0.3 is 0 Å². The first-order chi connectivity index (χ1) is 8.95. The number of carbonyl (C=O) groups is 1. The average Bonchev–Trinajstić information content (AvgIpc) is 2.41. The van der Waals surface area contributed by atoms with Crippen molar-refractivity contribution in [3.05, 3.63) is 41.0 Å². The Morgan fingerprint density at radius 3 is 1.79 bits per heavy atom. The second-order valence-electron chi connectivity index (χ2n) is 4.33. The first-order valence-corrected chi connectivity index (χ1v) is 7.20. The van der Waals surface area contributed by atoms with Crippen molar-refractivity contribution in [1.29, 1.82) is 0 Å². The highest BCUT2D eigenvalue weighted by molar-refractivity contribution is 6.00. The van der Waals surface area contributed by atoms with Gasteiger partial charge in [-0.15, -0.1) is 0 Å². The lowest BCUT2D eigenvalue weighted by Crippen LogP contribution is -1.96. The summed E-state index contributed by atoms with van der Waals surface area (Å²) in [5, 5.41) is 0. The first-order valence-electron chi connectivity index (χ1n) is 7.20. The molecule has 0 amide bonds. The van der Waals surface area contributed by atoms with Crippen molar-refractivity contribution in [2.24, 2.45) is 0 Å². The maximum atomic E-state index is 11.2. The molecular weight excluding hydrogens is 232 g/mol. The maximum absolute atomic E-state index is 11.2. The van der Waals surface area contributed by atoms with E-state index >= 15 is 0 Å². The monoisotopic (exact) mass is 262 g/mol. The number of aryl methyl sites for hydroxylation is 1. The van der Waals surface area contributed by atoms with Crippen molar-refractivity contribution < 1.29 is 4.79 Å². The Bertz CT molecular complexity index is 400. The molecule has 0 aliphatic rings. The van der Waals surface area contributed by atoms with E-state index in [2.05, 4.69) is 32.9 Å². The minimum atomic E-state index is 0.144. The standard InChI is InChI=1S/C13H16O.C3H8.C2H6/c1-9-7-5-6-8-13(9)11(3)10(2)12(4)14;1-3-2;1-2/h5-8H,1-4H3;3H2,1-2H3;1-2H3/b11-10+;;. The van der Waals surface area contributed by atoms with Gasteiger partial charge in [-0.2, -0.15) is 0 Å². The van der Waals surface area contributed by atoms with Crippen molar-refractivity contribution in [3.8, 4) is 0 Å². The lowest BCUT2D eigenvalue weighted by molar-refractivity contribution is -0.113. The normalized spacial score (nSPS) is 10.3. The molecule has 1 rings (SSSR count). The molecule has 1 nitrogen and oxygen atoms in total. The molecule has 0 fully saturated rings. The van der Waals surface area contributed by atoms with E-state index in [0.29, 0.717) is 0 Å². The highest BCUT2D eigenvalue weighted by atomic mass is 16.1. The van der Waals surface area contributed by atoms with Crippen LogP contribution in [-0.2, 0) is 4.79 Å². The van der Waals surface area contributed by atoms with Gasteiger partial charge in [-0.05, 0) is 50.0 Å². The zero-order valence-corrected chi connectivity index (χ0v) is 13.9. The third-order valence-corrected chi connectivity index (χ3v) is 2.64. The summed E-state index contributed by atoms with van der Waals surface area (Å²) >= 11 is 0. The van der Waals surface area contributed by atoms with Crippen LogP contribution in [-0.4, -0.2) is 5.78 Å². The first kappa shape index (κ1) is 20.0. The van der Waals surface area contributed by atoms with Crippen LogP contribution in [0.15, 0.2) is 29.8 Å². The Kier molecular flexibility index (Phi) is 12.3. The molecule has 0 saturated carbocycles. The molecule has 0 spiro atoms. The highest BCUT2D eigenvalue weighted by Gasteiger charge is 2.05. The van der Waals surface area contributed by atoms with Crippen molar-refractivity contribution in [2.45, 2.75) is 61.8 Å². The number of Topliss-reactive ketones (excluding diaryl/α,β-unsaturated/α-hetero) is 1. The van der Waals surface area contributed by atoms with E-state index in [9.17, 15) is 4.79 Å². The summed E-state index contributed by atoms with van der Waals surface area (Å²) in [7, 11) is 0. The number of hydrogen-bond acceptors (Lipinski definition) is 1. The Morgan fingerprint density at radius 1 is 1.00 bits per heavy atom. The third kappa shape index (κ3) is 7.61. The molecule has 0 bridgehead atoms. The second kappa shape index (κ2) is 11.7. The van der Waals surface area contributed by atoms with Crippen molar-refractivity contribution in [2.75, 3.05) is 0 Å². The Balaban J connectivity index is 0. The highest BCUT2D eigenvalue weighted by Crippen LogP contribution is 2.21. The molecule has 0 aliphatic heterocycles. The fourth-order valence-corrected chi connectivity index (χ4v) is 1.46. The summed E-state index contributed by atoms with van der Waals surface area (Å²) in [6.45, 7) is 15.8. The number of hydrogen-bond donors (Lipinski definition) is 0. The van der Waals surface area contributed by atoms with Gasteiger partial charge in [0, 0.05) is 0 Å². The van der Waals surface area contributed by atoms with Crippen LogP contribution in [0, 0.1) is 6.92 Å². The van der Waals surface area contributed by atoms with Crippen molar-refractivity contribution in [1.82, 2.24) is 0 Å². The minimum absolute atomic E-state index is 0.144. The van der Waals surface area contributed by atoms with Gasteiger partial charge in [-0.3, -0.25) is 4.79 Å². The van der Waals surface area contributed by atoms with Crippen LogP contribution in [0.25, 0.3) is 5.57 Å². The molecule has 0 aromatic heterocycles. The predicted octanol–water partition coefficient (Wildman–Crippen LogP) is 5.82. The summed E-state index contributed by atoms with van der Waals surface area (Å²) in [6.07, 6.45) is 1.25. The molecule has 0 radical (unpaired) electrons. The number of rotatable bonds is 2. The van der Waals surface area contributed by atoms with E-state index < -0.39 is 0 Å². The van der Waals surface area contributed by atoms with Crippen molar-refractivity contribution in [3.63, 3.8) is 0 Å².